The van der Waals surface area contributed by atoms with Gasteiger partial charge in [-0.2, -0.15) is 5.10 Å². The van der Waals surface area contributed by atoms with Crippen LogP contribution in [0.4, 0.5) is 8.78 Å². The lowest BCUT2D eigenvalue weighted by molar-refractivity contribution is 0.221. The molecule has 0 radical (unpaired) electrons. The van der Waals surface area contributed by atoms with Gasteiger partial charge in [0.25, 0.3) is 0 Å². The van der Waals surface area contributed by atoms with Gasteiger partial charge in [0.05, 0.1) is 17.6 Å². The number of fused-ring (bicyclic) bond motifs is 2. The highest BCUT2D eigenvalue weighted by atomic mass is 32.2. The summed E-state index contributed by atoms with van der Waals surface area (Å²) in [4.78, 5) is 1.23. The van der Waals surface area contributed by atoms with Crippen LogP contribution < -0.4 is 0 Å². The molecular formula is C29H25F2N3S. The van der Waals surface area contributed by atoms with E-state index in [-0.39, 0.29) is 17.0 Å². The zero-order chi connectivity index (χ0) is 23.8. The topological polar surface area (TPSA) is 21.1 Å². The van der Waals surface area contributed by atoms with Gasteiger partial charge < -0.3 is 0 Å². The van der Waals surface area contributed by atoms with Crippen LogP contribution in [0.2, 0.25) is 0 Å². The Balaban J connectivity index is 1.36. The molecule has 35 heavy (non-hydrogen) atoms. The molecule has 0 saturated carbocycles. The zero-order valence-electron chi connectivity index (χ0n) is 19.2. The summed E-state index contributed by atoms with van der Waals surface area (Å²) in [5.41, 5.74) is 5.56. The second kappa shape index (κ2) is 9.10. The average Bonchev–Trinajstić information content (AvgIpc) is 3.27. The van der Waals surface area contributed by atoms with Crippen molar-refractivity contribution in [3.8, 4) is 5.69 Å². The molecule has 3 nitrogen and oxygen atoms in total. The summed E-state index contributed by atoms with van der Waals surface area (Å²) in [7, 11) is 0. The summed E-state index contributed by atoms with van der Waals surface area (Å²) in [6.45, 7) is 1.85. The summed E-state index contributed by atoms with van der Waals surface area (Å²) in [6, 6.07) is 23.9. The van der Waals surface area contributed by atoms with E-state index in [9.17, 15) is 8.78 Å². The molecule has 176 valence electrons. The standard InChI is InChI=1S/C29H25F2N3S/c30-24-8-6-21(7-9-24)17-29-18-22-19-32-34(26-12-10-25(31)11-13-26)28(22)16-23(29)14-15-33(20-29)35-27-4-2-1-3-5-27/h1-13,16,19H,14-15,17-18,20H2. The fourth-order valence-corrected chi connectivity index (χ4v) is 6.43. The van der Waals surface area contributed by atoms with Crippen LogP contribution in [0.3, 0.4) is 0 Å². The molecule has 1 fully saturated rings. The van der Waals surface area contributed by atoms with Crippen molar-refractivity contribution in [2.45, 2.75) is 24.2 Å². The largest absolute Gasteiger partial charge is 0.245 e. The molecule has 6 rings (SSSR count). The third-order valence-electron chi connectivity index (χ3n) is 7.02. The highest BCUT2D eigenvalue weighted by Crippen LogP contribution is 2.48. The number of hydrogen-bond donors (Lipinski definition) is 0. The Hall–Kier alpha value is -3.22. The molecule has 0 amide bonds. The number of rotatable bonds is 5. The Bertz CT molecular complexity index is 1360. The van der Waals surface area contributed by atoms with E-state index in [0.29, 0.717) is 0 Å². The van der Waals surface area contributed by atoms with Crippen molar-refractivity contribution < 1.29 is 8.78 Å². The number of aromatic nitrogens is 2. The minimum absolute atomic E-state index is 0.0957. The van der Waals surface area contributed by atoms with Gasteiger partial charge in [-0.05, 0) is 96.9 Å². The molecule has 1 saturated heterocycles. The maximum absolute atomic E-state index is 13.6. The summed E-state index contributed by atoms with van der Waals surface area (Å²) >= 11 is 1.81. The van der Waals surface area contributed by atoms with Crippen LogP contribution in [0.5, 0.6) is 0 Å². The van der Waals surface area contributed by atoms with Gasteiger partial charge in [-0.3, -0.25) is 0 Å². The number of halogens is 2. The van der Waals surface area contributed by atoms with E-state index in [2.05, 4.69) is 39.7 Å². The number of piperidine rings is 1. The summed E-state index contributed by atoms with van der Waals surface area (Å²) < 4.78 is 31.5. The smallest absolute Gasteiger partial charge is 0.123 e. The lowest BCUT2D eigenvalue weighted by Crippen LogP contribution is -2.45. The molecular weight excluding hydrogens is 460 g/mol. The van der Waals surface area contributed by atoms with Crippen LogP contribution in [-0.4, -0.2) is 27.2 Å². The molecule has 2 heterocycles. The van der Waals surface area contributed by atoms with Crippen molar-refractivity contribution in [2.24, 2.45) is 5.41 Å². The third-order valence-corrected chi connectivity index (χ3v) is 8.07. The first-order valence-corrected chi connectivity index (χ1v) is 12.6. The average molecular weight is 486 g/mol. The van der Waals surface area contributed by atoms with E-state index in [4.69, 9.17) is 0 Å². The Labute approximate surface area is 208 Å². The fraction of sp³-hybridized carbons (Fsp3) is 0.207. The first kappa shape index (κ1) is 22.3. The molecule has 1 aromatic heterocycles. The van der Waals surface area contributed by atoms with Gasteiger partial charge in [-0.1, -0.05) is 35.9 Å². The number of hydrogen-bond acceptors (Lipinski definition) is 3. The number of nitrogens with zero attached hydrogens (tertiary/aromatic N) is 3. The van der Waals surface area contributed by atoms with E-state index in [1.807, 2.05) is 29.1 Å². The lowest BCUT2D eigenvalue weighted by Gasteiger charge is -2.46. The van der Waals surface area contributed by atoms with Crippen molar-refractivity contribution in [1.29, 1.82) is 0 Å². The highest BCUT2D eigenvalue weighted by molar-refractivity contribution is 7.97. The van der Waals surface area contributed by atoms with Crippen molar-refractivity contribution >= 4 is 18.0 Å². The summed E-state index contributed by atoms with van der Waals surface area (Å²) in [5.74, 6) is -0.465. The second-order valence-corrected chi connectivity index (χ2v) is 10.6. The summed E-state index contributed by atoms with van der Waals surface area (Å²) in [6.07, 6.45) is 6.89. The molecule has 1 aliphatic carbocycles. The number of benzene rings is 3. The fourth-order valence-electron chi connectivity index (χ4n) is 5.36. The SMILES string of the molecule is Fc1ccc(CC23Cc4cnn(-c5ccc(F)cc5)c4C=C2CCN(Sc2ccccc2)C3)cc1. The molecule has 1 aliphatic heterocycles. The van der Waals surface area contributed by atoms with E-state index in [0.717, 1.165) is 49.3 Å². The van der Waals surface area contributed by atoms with E-state index in [1.54, 1.807) is 36.2 Å². The maximum Gasteiger partial charge on any atom is 0.123 e. The molecule has 3 aromatic carbocycles. The van der Waals surface area contributed by atoms with Crippen molar-refractivity contribution in [2.75, 3.05) is 13.1 Å². The highest BCUT2D eigenvalue weighted by Gasteiger charge is 2.43. The molecule has 2 aliphatic rings. The minimum atomic E-state index is -0.255. The summed E-state index contributed by atoms with van der Waals surface area (Å²) in [5, 5.41) is 4.67. The predicted octanol–water partition coefficient (Wildman–Crippen LogP) is 6.73. The maximum atomic E-state index is 13.6. The van der Waals surface area contributed by atoms with Crippen LogP contribution in [0.1, 0.15) is 23.2 Å². The van der Waals surface area contributed by atoms with Gasteiger partial charge >= 0.3 is 0 Å². The van der Waals surface area contributed by atoms with Gasteiger partial charge in [-0.25, -0.2) is 17.8 Å². The zero-order valence-corrected chi connectivity index (χ0v) is 20.0. The van der Waals surface area contributed by atoms with Crippen LogP contribution in [-0.2, 0) is 12.8 Å². The minimum Gasteiger partial charge on any atom is -0.245 e. The van der Waals surface area contributed by atoms with Crippen molar-refractivity contribution in [3.05, 3.63) is 119 Å². The first-order valence-electron chi connectivity index (χ1n) is 11.8. The van der Waals surface area contributed by atoms with Gasteiger partial charge in [0.1, 0.15) is 11.6 Å². The quantitative estimate of drug-likeness (QED) is 0.292. The van der Waals surface area contributed by atoms with Gasteiger partial charge in [0.15, 0.2) is 0 Å². The van der Waals surface area contributed by atoms with E-state index < -0.39 is 0 Å². The Morgan fingerprint density at radius 1 is 0.886 bits per heavy atom. The third kappa shape index (κ3) is 4.44. The molecule has 6 heteroatoms. The van der Waals surface area contributed by atoms with Crippen LogP contribution in [0, 0.1) is 17.0 Å². The molecule has 1 atom stereocenters. The van der Waals surface area contributed by atoms with Crippen molar-refractivity contribution in [1.82, 2.24) is 14.1 Å². The van der Waals surface area contributed by atoms with Crippen molar-refractivity contribution in [3.63, 3.8) is 0 Å². The normalized spacial score (nSPS) is 19.7. The van der Waals surface area contributed by atoms with Crippen LogP contribution >= 0.6 is 11.9 Å². The van der Waals surface area contributed by atoms with Crippen LogP contribution in [0.25, 0.3) is 11.8 Å². The van der Waals surface area contributed by atoms with E-state index >= 15 is 0 Å². The Kier molecular flexibility index (Phi) is 5.78. The Morgan fingerprint density at radius 3 is 2.34 bits per heavy atom. The van der Waals surface area contributed by atoms with Gasteiger partial charge in [-0.15, -0.1) is 0 Å². The van der Waals surface area contributed by atoms with Gasteiger partial charge in [0.2, 0.25) is 0 Å². The van der Waals surface area contributed by atoms with E-state index in [1.165, 1.54) is 28.2 Å². The second-order valence-electron chi connectivity index (χ2n) is 9.39. The lowest BCUT2D eigenvalue weighted by atomic mass is 9.66. The molecule has 1 unspecified atom stereocenters. The molecule has 4 aromatic rings. The predicted molar refractivity (Wildman–Crippen MR) is 136 cm³/mol. The molecule has 0 spiro atoms. The Morgan fingerprint density at radius 2 is 1.60 bits per heavy atom. The van der Waals surface area contributed by atoms with Crippen LogP contribution in [0.15, 0.2) is 95.5 Å². The molecule has 0 N–H and O–H groups in total. The monoisotopic (exact) mass is 485 g/mol. The first-order chi connectivity index (χ1) is 17.1. The van der Waals surface area contributed by atoms with Gasteiger partial charge in [0, 0.05) is 23.4 Å². The molecule has 0 bridgehead atoms.